The molecule has 25 heavy (non-hydrogen) atoms. The molecule has 2 amide bonds. The Bertz CT molecular complexity index is 799. The zero-order valence-electron chi connectivity index (χ0n) is 13.5. The minimum absolute atomic E-state index is 0.103. The van der Waals surface area contributed by atoms with Gasteiger partial charge in [0.1, 0.15) is 0 Å². The van der Waals surface area contributed by atoms with E-state index in [1.54, 1.807) is 32.3 Å². The standard InChI is InChI=1S/C16H15F3N4O2/c1-22(2)15(25)10-5-3-4-9-7-23(8-11(9)10)12-6-20-21-14(24)13(12)16(17,18)19/h3-6,13H,7-8H2,1-2H3. The van der Waals surface area contributed by atoms with Crippen molar-refractivity contribution in [3.05, 3.63) is 46.8 Å². The first-order valence-electron chi connectivity index (χ1n) is 7.49. The summed E-state index contributed by atoms with van der Waals surface area (Å²) in [4.78, 5) is 26.8. The van der Waals surface area contributed by atoms with Crippen LogP contribution in [0.25, 0.3) is 0 Å². The van der Waals surface area contributed by atoms with Crippen molar-refractivity contribution in [2.24, 2.45) is 16.1 Å². The van der Waals surface area contributed by atoms with Crippen molar-refractivity contribution in [3.8, 4) is 0 Å². The van der Waals surface area contributed by atoms with Crippen molar-refractivity contribution in [3.63, 3.8) is 0 Å². The van der Waals surface area contributed by atoms with E-state index >= 15 is 0 Å². The molecule has 2 aliphatic rings. The second-order valence-electron chi connectivity index (χ2n) is 6.08. The average Bonchev–Trinajstić information content (AvgIpc) is 2.96. The number of hydrogen-bond donors (Lipinski definition) is 0. The number of hydrogen-bond acceptors (Lipinski definition) is 4. The Labute approximate surface area is 141 Å². The lowest BCUT2D eigenvalue weighted by molar-refractivity contribution is -0.177. The van der Waals surface area contributed by atoms with Crippen LogP contribution in [0.2, 0.25) is 0 Å². The third-order valence-electron chi connectivity index (χ3n) is 4.20. The summed E-state index contributed by atoms with van der Waals surface area (Å²) < 4.78 is 39.9. The quantitative estimate of drug-likeness (QED) is 0.822. The number of alkyl halides is 3. The first-order valence-corrected chi connectivity index (χ1v) is 7.49. The van der Waals surface area contributed by atoms with Crippen molar-refractivity contribution in [2.45, 2.75) is 19.3 Å². The number of halogens is 3. The fourth-order valence-corrected chi connectivity index (χ4v) is 3.02. The normalized spacial score (nSPS) is 19.7. The van der Waals surface area contributed by atoms with Crippen LogP contribution in [0.3, 0.4) is 0 Å². The zero-order chi connectivity index (χ0) is 18.4. The summed E-state index contributed by atoms with van der Waals surface area (Å²) in [7, 11) is 3.22. The monoisotopic (exact) mass is 352 g/mol. The molecule has 2 heterocycles. The maximum Gasteiger partial charge on any atom is 0.406 e. The van der Waals surface area contributed by atoms with Crippen molar-refractivity contribution in [1.82, 2.24) is 9.80 Å². The van der Waals surface area contributed by atoms with Gasteiger partial charge in [-0.05, 0) is 17.2 Å². The van der Waals surface area contributed by atoms with Gasteiger partial charge in [0.15, 0.2) is 5.92 Å². The van der Waals surface area contributed by atoms with Gasteiger partial charge in [-0.1, -0.05) is 12.1 Å². The van der Waals surface area contributed by atoms with E-state index in [2.05, 4.69) is 10.2 Å². The van der Waals surface area contributed by atoms with Gasteiger partial charge in [-0.25, -0.2) is 0 Å². The number of carbonyl (C=O) groups excluding carboxylic acids is 2. The van der Waals surface area contributed by atoms with Crippen LogP contribution in [-0.2, 0) is 17.9 Å². The summed E-state index contributed by atoms with van der Waals surface area (Å²) in [5.74, 6) is -3.88. The Morgan fingerprint density at radius 2 is 2.00 bits per heavy atom. The third kappa shape index (κ3) is 3.01. The van der Waals surface area contributed by atoms with Gasteiger partial charge in [0, 0.05) is 32.7 Å². The van der Waals surface area contributed by atoms with E-state index in [1.165, 1.54) is 9.80 Å². The Morgan fingerprint density at radius 3 is 2.64 bits per heavy atom. The highest BCUT2D eigenvalue weighted by molar-refractivity contribution is 5.95. The van der Waals surface area contributed by atoms with Crippen LogP contribution in [-0.4, -0.2) is 41.9 Å². The summed E-state index contributed by atoms with van der Waals surface area (Å²) in [6, 6.07) is 5.10. The predicted molar refractivity (Wildman–Crippen MR) is 81.2 cm³/mol. The molecular formula is C16H15F3N4O2. The van der Waals surface area contributed by atoms with Gasteiger partial charge in [-0.2, -0.15) is 18.3 Å². The number of carbonyl (C=O) groups is 2. The van der Waals surface area contributed by atoms with Gasteiger partial charge in [-0.3, -0.25) is 9.59 Å². The summed E-state index contributed by atoms with van der Waals surface area (Å²) >= 11 is 0. The Morgan fingerprint density at radius 1 is 1.28 bits per heavy atom. The fraction of sp³-hybridized carbons (Fsp3) is 0.375. The molecule has 1 aromatic rings. The Hall–Kier alpha value is -2.71. The Balaban J connectivity index is 1.95. The number of nitrogens with zero attached hydrogens (tertiary/aromatic N) is 4. The maximum absolute atomic E-state index is 13.3. The van der Waals surface area contributed by atoms with Gasteiger partial charge in [0.2, 0.25) is 0 Å². The topological polar surface area (TPSA) is 65.3 Å². The van der Waals surface area contributed by atoms with E-state index in [9.17, 15) is 22.8 Å². The lowest BCUT2D eigenvalue weighted by atomic mass is 10.0. The van der Waals surface area contributed by atoms with Gasteiger partial charge in [-0.15, -0.1) is 5.11 Å². The van der Waals surface area contributed by atoms with Crippen LogP contribution in [0.15, 0.2) is 40.3 Å². The molecule has 0 aromatic heterocycles. The molecule has 132 valence electrons. The van der Waals surface area contributed by atoms with Crippen LogP contribution in [0.1, 0.15) is 21.5 Å². The predicted octanol–water partition coefficient (Wildman–Crippen LogP) is 2.72. The molecule has 1 unspecified atom stereocenters. The van der Waals surface area contributed by atoms with Crippen LogP contribution in [0, 0.1) is 5.92 Å². The van der Waals surface area contributed by atoms with Gasteiger partial charge < -0.3 is 9.80 Å². The van der Waals surface area contributed by atoms with Crippen molar-refractivity contribution in [2.75, 3.05) is 14.1 Å². The summed E-state index contributed by atoms with van der Waals surface area (Å²) in [6.45, 7) is 0.275. The Kier molecular flexibility index (Phi) is 4.09. The number of benzene rings is 1. The third-order valence-corrected chi connectivity index (χ3v) is 4.20. The highest BCUT2D eigenvalue weighted by Gasteiger charge is 2.50. The van der Waals surface area contributed by atoms with E-state index in [0.29, 0.717) is 11.1 Å². The summed E-state index contributed by atoms with van der Waals surface area (Å²) in [5.41, 5.74) is 1.62. The van der Waals surface area contributed by atoms with Crippen molar-refractivity contribution in [1.29, 1.82) is 0 Å². The lowest BCUT2D eigenvalue weighted by Gasteiger charge is -2.29. The van der Waals surface area contributed by atoms with Gasteiger partial charge >= 0.3 is 6.18 Å². The first-order chi connectivity index (χ1) is 11.7. The second-order valence-corrected chi connectivity index (χ2v) is 6.08. The molecule has 1 atom stereocenters. The first kappa shape index (κ1) is 17.1. The molecule has 0 saturated heterocycles. The highest BCUT2D eigenvalue weighted by atomic mass is 19.4. The molecular weight excluding hydrogens is 337 g/mol. The molecule has 0 fully saturated rings. The smallest absolute Gasteiger partial charge is 0.364 e. The zero-order valence-corrected chi connectivity index (χ0v) is 13.5. The molecule has 2 aliphatic heterocycles. The molecule has 0 saturated carbocycles. The maximum atomic E-state index is 13.3. The van der Waals surface area contributed by atoms with Crippen molar-refractivity contribution >= 4 is 11.8 Å². The highest BCUT2D eigenvalue weighted by Crippen LogP contribution is 2.40. The van der Waals surface area contributed by atoms with E-state index < -0.39 is 18.0 Å². The second kappa shape index (κ2) is 5.98. The minimum atomic E-state index is -4.75. The van der Waals surface area contributed by atoms with Crippen LogP contribution < -0.4 is 0 Å². The molecule has 0 N–H and O–H groups in total. The number of amides is 2. The molecule has 0 bridgehead atoms. The summed E-state index contributed by atoms with van der Waals surface area (Å²) in [6.07, 6.45) is -3.78. The van der Waals surface area contributed by atoms with E-state index in [-0.39, 0.29) is 24.7 Å². The lowest BCUT2D eigenvalue weighted by Crippen LogP contribution is -2.38. The SMILES string of the molecule is CN(C)C(=O)c1cccc2c1CN(C1=CN=NC(=O)C1C(F)(F)F)C2. The molecule has 3 rings (SSSR count). The van der Waals surface area contributed by atoms with Gasteiger partial charge in [0.05, 0.1) is 11.9 Å². The largest absolute Gasteiger partial charge is 0.406 e. The summed E-state index contributed by atoms with van der Waals surface area (Å²) in [5, 5.41) is 6.41. The average molecular weight is 352 g/mol. The van der Waals surface area contributed by atoms with Crippen LogP contribution in [0.5, 0.6) is 0 Å². The molecule has 9 heteroatoms. The molecule has 6 nitrogen and oxygen atoms in total. The van der Waals surface area contributed by atoms with E-state index in [0.717, 1.165) is 11.8 Å². The molecule has 1 aromatic carbocycles. The van der Waals surface area contributed by atoms with E-state index in [4.69, 9.17) is 0 Å². The molecule has 0 spiro atoms. The van der Waals surface area contributed by atoms with E-state index in [1.807, 2.05) is 0 Å². The number of azo groups is 1. The van der Waals surface area contributed by atoms with Gasteiger partial charge in [0.25, 0.3) is 11.8 Å². The number of fused-ring (bicyclic) bond motifs is 1. The fourth-order valence-electron chi connectivity index (χ4n) is 3.02. The molecule has 0 aliphatic carbocycles. The number of rotatable bonds is 2. The minimum Gasteiger partial charge on any atom is -0.364 e. The van der Waals surface area contributed by atoms with Crippen LogP contribution >= 0.6 is 0 Å². The van der Waals surface area contributed by atoms with Crippen LogP contribution in [0.4, 0.5) is 13.2 Å². The van der Waals surface area contributed by atoms with Crippen molar-refractivity contribution < 1.29 is 22.8 Å². The molecule has 0 radical (unpaired) electrons.